The van der Waals surface area contributed by atoms with Crippen LogP contribution >= 0.6 is 0 Å². The van der Waals surface area contributed by atoms with E-state index in [0.717, 1.165) is 13.0 Å². The van der Waals surface area contributed by atoms with Gasteiger partial charge in [0.25, 0.3) is 0 Å². The SMILES string of the molecule is CCN1C(=O)CC[C@@H](C(=O)NCCCN(C)C)[C@@H]1c1ccccc1F. The van der Waals surface area contributed by atoms with E-state index in [-0.39, 0.29) is 17.6 Å². The summed E-state index contributed by atoms with van der Waals surface area (Å²) in [4.78, 5) is 28.7. The fraction of sp³-hybridized carbons (Fsp3) is 0.579. The van der Waals surface area contributed by atoms with Crippen molar-refractivity contribution in [2.45, 2.75) is 32.2 Å². The molecule has 1 aromatic rings. The van der Waals surface area contributed by atoms with Crippen LogP contribution in [0.25, 0.3) is 0 Å². The number of likely N-dealkylation sites (tertiary alicyclic amines) is 1. The highest BCUT2D eigenvalue weighted by Crippen LogP contribution is 2.37. The van der Waals surface area contributed by atoms with E-state index in [9.17, 15) is 14.0 Å². The summed E-state index contributed by atoms with van der Waals surface area (Å²) in [7, 11) is 3.98. The summed E-state index contributed by atoms with van der Waals surface area (Å²) in [5.74, 6) is -0.912. The normalized spacial score (nSPS) is 20.8. The van der Waals surface area contributed by atoms with Crippen molar-refractivity contribution in [3.63, 3.8) is 0 Å². The van der Waals surface area contributed by atoms with Crippen molar-refractivity contribution in [3.8, 4) is 0 Å². The van der Waals surface area contributed by atoms with Crippen LogP contribution < -0.4 is 5.32 Å². The van der Waals surface area contributed by atoms with Gasteiger partial charge in [-0.2, -0.15) is 0 Å². The Morgan fingerprint density at radius 1 is 1.36 bits per heavy atom. The first-order valence-electron chi connectivity index (χ1n) is 8.92. The Bertz CT molecular complexity index is 606. The number of piperidine rings is 1. The quantitative estimate of drug-likeness (QED) is 0.768. The lowest BCUT2D eigenvalue weighted by molar-refractivity contribution is -0.143. The molecule has 0 aliphatic carbocycles. The van der Waals surface area contributed by atoms with Crippen molar-refractivity contribution < 1.29 is 14.0 Å². The number of carbonyl (C=O) groups excluding carboxylic acids is 2. The number of nitrogens with one attached hydrogen (secondary N) is 1. The molecule has 1 heterocycles. The van der Waals surface area contributed by atoms with E-state index in [1.54, 1.807) is 23.1 Å². The summed E-state index contributed by atoms with van der Waals surface area (Å²) in [6.45, 7) is 3.80. The minimum Gasteiger partial charge on any atom is -0.356 e. The van der Waals surface area contributed by atoms with Crippen LogP contribution in [0.5, 0.6) is 0 Å². The Morgan fingerprint density at radius 3 is 2.72 bits per heavy atom. The molecule has 0 unspecified atom stereocenters. The van der Waals surface area contributed by atoms with E-state index in [0.29, 0.717) is 31.5 Å². The Morgan fingerprint density at radius 2 is 2.08 bits per heavy atom. The third kappa shape index (κ3) is 4.78. The summed E-state index contributed by atoms with van der Waals surface area (Å²) in [5.41, 5.74) is 0.422. The molecule has 6 heteroatoms. The summed E-state index contributed by atoms with van der Waals surface area (Å²) in [6.07, 6.45) is 1.63. The van der Waals surface area contributed by atoms with Gasteiger partial charge in [0.15, 0.2) is 0 Å². The largest absolute Gasteiger partial charge is 0.356 e. The summed E-state index contributed by atoms with van der Waals surface area (Å²) in [5, 5.41) is 2.96. The summed E-state index contributed by atoms with van der Waals surface area (Å²) in [6, 6.07) is 5.89. The molecule has 1 aliphatic heterocycles. The van der Waals surface area contributed by atoms with Gasteiger partial charge in [-0.05, 0) is 46.5 Å². The minimum absolute atomic E-state index is 0.0209. The molecule has 1 fully saturated rings. The van der Waals surface area contributed by atoms with Gasteiger partial charge >= 0.3 is 0 Å². The van der Waals surface area contributed by atoms with Crippen molar-refractivity contribution in [1.82, 2.24) is 15.1 Å². The average Bonchev–Trinajstić information content (AvgIpc) is 2.58. The summed E-state index contributed by atoms with van der Waals surface area (Å²) >= 11 is 0. The molecular weight excluding hydrogens is 321 g/mol. The predicted octanol–water partition coefficient (Wildman–Crippen LogP) is 2.19. The molecule has 0 radical (unpaired) electrons. The standard InChI is InChI=1S/C19H28FN3O2/c1-4-23-17(24)11-10-15(19(25)21-12-7-13-22(2)3)18(23)14-8-5-6-9-16(14)20/h5-6,8-9,15,18H,4,7,10-13H2,1-3H3,(H,21,25)/t15-,18+/m1/s1. The molecule has 138 valence electrons. The van der Waals surface area contributed by atoms with Gasteiger partial charge in [0, 0.05) is 25.1 Å². The van der Waals surface area contributed by atoms with Crippen LogP contribution in [0.4, 0.5) is 4.39 Å². The molecule has 1 aromatic carbocycles. The van der Waals surface area contributed by atoms with Gasteiger partial charge in [-0.1, -0.05) is 18.2 Å². The zero-order chi connectivity index (χ0) is 18.4. The molecule has 25 heavy (non-hydrogen) atoms. The van der Waals surface area contributed by atoms with Crippen LogP contribution in [0.1, 0.15) is 37.8 Å². The van der Waals surface area contributed by atoms with Crippen molar-refractivity contribution in [2.24, 2.45) is 5.92 Å². The molecule has 0 spiro atoms. The number of benzene rings is 1. The van der Waals surface area contributed by atoms with E-state index in [1.807, 2.05) is 21.0 Å². The maximum absolute atomic E-state index is 14.4. The van der Waals surface area contributed by atoms with E-state index in [4.69, 9.17) is 0 Å². The lowest BCUT2D eigenvalue weighted by Crippen LogP contribution is -2.48. The van der Waals surface area contributed by atoms with Gasteiger partial charge in [-0.25, -0.2) is 4.39 Å². The Hall–Kier alpha value is -1.95. The highest BCUT2D eigenvalue weighted by Gasteiger charge is 2.40. The van der Waals surface area contributed by atoms with Crippen LogP contribution in [-0.4, -0.2) is 55.3 Å². The van der Waals surface area contributed by atoms with Gasteiger partial charge in [0.1, 0.15) is 5.82 Å². The first kappa shape index (κ1) is 19.4. The fourth-order valence-electron chi connectivity index (χ4n) is 3.44. The van der Waals surface area contributed by atoms with Crippen LogP contribution in [0.2, 0.25) is 0 Å². The maximum atomic E-state index is 14.4. The number of rotatable bonds is 7. The second-order valence-electron chi connectivity index (χ2n) is 6.74. The molecule has 0 aromatic heterocycles. The smallest absolute Gasteiger partial charge is 0.225 e. The van der Waals surface area contributed by atoms with Crippen LogP contribution in [0.15, 0.2) is 24.3 Å². The fourth-order valence-corrected chi connectivity index (χ4v) is 3.44. The zero-order valence-electron chi connectivity index (χ0n) is 15.3. The van der Waals surface area contributed by atoms with Gasteiger partial charge in [-0.3, -0.25) is 9.59 Å². The van der Waals surface area contributed by atoms with Gasteiger partial charge in [-0.15, -0.1) is 0 Å². The van der Waals surface area contributed by atoms with E-state index in [2.05, 4.69) is 10.2 Å². The van der Waals surface area contributed by atoms with Crippen molar-refractivity contribution in [1.29, 1.82) is 0 Å². The molecule has 1 aliphatic rings. The topological polar surface area (TPSA) is 52.7 Å². The van der Waals surface area contributed by atoms with E-state index in [1.165, 1.54) is 6.07 Å². The zero-order valence-corrected chi connectivity index (χ0v) is 15.3. The van der Waals surface area contributed by atoms with E-state index >= 15 is 0 Å². The Labute approximate surface area is 149 Å². The first-order chi connectivity index (χ1) is 12.0. The number of nitrogens with zero attached hydrogens (tertiary/aromatic N) is 2. The molecule has 2 amide bonds. The maximum Gasteiger partial charge on any atom is 0.225 e. The number of carbonyl (C=O) groups is 2. The number of halogens is 1. The van der Waals surface area contributed by atoms with Crippen molar-refractivity contribution >= 4 is 11.8 Å². The number of hydrogen-bond donors (Lipinski definition) is 1. The Kier molecular flexibility index (Phi) is 6.93. The van der Waals surface area contributed by atoms with Crippen LogP contribution in [0, 0.1) is 11.7 Å². The third-order valence-corrected chi connectivity index (χ3v) is 4.69. The highest BCUT2D eigenvalue weighted by molar-refractivity contribution is 5.85. The number of hydrogen-bond acceptors (Lipinski definition) is 3. The molecule has 0 bridgehead atoms. The molecular formula is C19H28FN3O2. The minimum atomic E-state index is -0.540. The molecule has 0 saturated carbocycles. The monoisotopic (exact) mass is 349 g/mol. The first-order valence-corrected chi connectivity index (χ1v) is 8.92. The van der Waals surface area contributed by atoms with Crippen LogP contribution in [-0.2, 0) is 9.59 Å². The molecule has 1 N–H and O–H groups in total. The lowest BCUT2D eigenvalue weighted by atomic mass is 9.83. The molecule has 2 rings (SSSR count). The second kappa shape index (κ2) is 8.94. The van der Waals surface area contributed by atoms with Crippen molar-refractivity contribution in [3.05, 3.63) is 35.6 Å². The van der Waals surface area contributed by atoms with Gasteiger partial charge in [0.05, 0.1) is 12.0 Å². The molecule has 2 atom stereocenters. The molecule has 1 saturated heterocycles. The van der Waals surface area contributed by atoms with Gasteiger partial charge < -0.3 is 15.1 Å². The average molecular weight is 349 g/mol. The second-order valence-corrected chi connectivity index (χ2v) is 6.74. The number of amides is 2. The van der Waals surface area contributed by atoms with E-state index < -0.39 is 12.0 Å². The summed E-state index contributed by atoms with van der Waals surface area (Å²) < 4.78 is 14.4. The van der Waals surface area contributed by atoms with Gasteiger partial charge in [0.2, 0.25) is 11.8 Å². The Balaban J connectivity index is 2.17. The highest BCUT2D eigenvalue weighted by atomic mass is 19.1. The molecule has 5 nitrogen and oxygen atoms in total. The predicted molar refractivity (Wildman–Crippen MR) is 95.4 cm³/mol. The van der Waals surface area contributed by atoms with Crippen LogP contribution in [0.3, 0.4) is 0 Å². The lowest BCUT2D eigenvalue weighted by Gasteiger charge is -2.40. The third-order valence-electron chi connectivity index (χ3n) is 4.69. The van der Waals surface area contributed by atoms with Crippen molar-refractivity contribution in [2.75, 3.05) is 33.7 Å².